The molecule has 6 aliphatic rings. The van der Waals surface area contributed by atoms with Crippen LogP contribution in [0, 0.1) is 17.5 Å². The Labute approximate surface area is 568 Å². The number of carbonyl (C=O) groups excluding carboxylic acids is 6. The number of aromatic nitrogens is 6. The van der Waals surface area contributed by atoms with Crippen LogP contribution in [0.15, 0.2) is 60.8 Å². The Bertz CT molecular complexity index is 3490. The van der Waals surface area contributed by atoms with E-state index in [1.807, 2.05) is 52.6 Å². The molecule has 20 nitrogen and oxygen atoms in total. The zero-order valence-electron chi connectivity index (χ0n) is 52.3. The number of likely N-dealkylation sites (tertiary alicyclic amines) is 2. The summed E-state index contributed by atoms with van der Waals surface area (Å²) >= 11 is 18.5. The highest BCUT2D eigenvalue weighted by Crippen LogP contribution is 2.37. The van der Waals surface area contributed by atoms with Crippen LogP contribution < -0.4 is 10.6 Å². The van der Waals surface area contributed by atoms with Gasteiger partial charge >= 0.3 is 18.3 Å². The number of hydrogen-bond donors (Lipinski definition) is 5. The molecule has 0 unspecified atom stereocenters. The lowest BCUT2D eigenvalue weighted by Crippen LogP contribution is -2.41. The molecular weight excluding hydrogens is 1310 g/mol. The summed E-state index contributed by atoms with van der Waals surface area (Å²) in [5.41, 5.74) is 8.48. The number of piperidine rings is 3. The van der Waals surface area contributed by atoms with Gasteiger partial charge in [-0.1, -0.05) is 42.2 Å². The monoisotopic (exact) mass is 1390 g/mol. The molecule has 9 heterocycles. The molecule has 0 spiro atoms. The molecule has 4 amide bonds. The minimum Gasteiger partial charge on any atom is -0.444 e. The van der Waals surface area contributed by atoms with E-state index in [2.05, 4.69) is 41.2 Å². The molecule has 93 heavy (non-hydrogen) atoms. The third-order valence-corrected chi connectivity index (χ3v) is 17.4. The van der Waals surface area contributed by atoms with Crippen LogP contribution in [0.5, 0.6) is 0 Å². The van der Waals surface area contributed by atoms with Gasteiger partial charge in [-0.25, -0.2) is 22.8 Å². The van der Waals surface area contributed by atoms with Gasteiger partial charge in [-0.05, 0) is 214 Å². The molecule has 508 valence electrons. The van der Waals surface area contributed by atoms with Crippen molar-refractivity contribution >= 4 is 89.8 Å². The van der Waals surface area contributed by atoms with Gasteiger partial charge in [-0.2, -0.15) is 24.9 Å². The van der Waals surface area contributed by atoms with Gasteiger partial charge in [0.05, 0.1) is 36.4 Å². The van der Waals surface area contributed by atoms with E-state index in [9.17, 15) is 32.3 Å². The molecule has 0 bridgehead atoms. The van der Waals surface area contributed by atoms with Crippen molar-refractivity contribution in [2.75, 3.05) is 58.9 Å². The molecule has 28 heteroatoms. The Morgan fingerprint density at radius 3 is 1.37 bits per heavy atom. The normalized spacial score (nSPS) is 16.4. The number of aromatic amines is 3. The zero-order valence-corrected chi connectivity index (χ0v) is 56.2. The van der Waals surface area contributed by atoms with Gasteiger partial charge in [-0.15, -0.1) is 24.8 Å². The van der Waals surface area contributed by atoms with Gasteiger partial charge in [0, 0.05) is 72.0 Å². The summed E-state index contributed by atoms with van der Waals surface area (Å²) in [5.74, 6) is -0.161. The first-order chi connectivity index (χ1) is 42.9. The van der Waals surface area contributed by atoms with E-state index >= 15 is 0 Å². The standard InChI is InChI=1S/C23H28ClFN4O3.C18H20ClFN4O.C11H13ClFN.C11H17N3O2.CO2.CH4.2ClH/c1-23(2,3)32-22(31)29-11-8-16-19(13-29)26-27-20(16)21(30)28-9-6-14(7-10-28)17-12-15(25)4-5-18(17)24;19-15-2-1-12(20)9-14(15)11-4-7-24(8-5-11)18(25)17-13-3-6-21-10-16(13)22-23-17;12-11-2-1-9(13)7-10(11)8-3-5-14-6-4-8;1-11(2,3)16-10(15)14-5-4-8-6-12-13-9(8)7-14;2-1-3;;;/h4-5,12,14H,6-11,13H2,1-3H3,(H,26,27);1-2,9,11,21H,3-8,10H2,(H,22,23);1-2,7-8,14H,3-6H2;6H,4-5,7H2,1-3H3,(H,12,13);;1H4;2*1H. The molecule has 6 aliphatic heterocycles. The summed E-state index contributed by atoms with van der Waals surface area (Å²) < 4.78 is 51.0. The van der Waals surface area contributed by atoms with Crippen LogP contribution in [0.4, 0.5) is 22.8 Å². The Morgan fingerprint density at radius 2 is 0.925 bits per heavy atom. The smallest absolute Gasteiger partial charge is 0.410 e. The van der Waals surface area contributed by atoms with Gasteiger partial charge in [0.15, 0.2) is 11.4 Å². The first-order valence-electron chi connectivity index (χ1n) is 30.3. The molecule has 0 saturated carbocycles. The van der Waals surface area contributed by atoms with Crippen molar-refractivity contribution in [2.45, 2.75) is 155 Å². The largest absolute Gasteiger partial charge is 0.444 e. The number of amides is 4. The van der Waals surface area contributed by atoms with Crippen LogP contribution >= 0.6 is 59.6 Å². The van der Waals surface area contributed by atoms with Crippen molar-refractivity contribution in [3.8, 4) is 0 Å². The second-order valence-electron chi connectivity index (χ2n) is 24.9. The highest BCUT2D eigenvalue weighted by Gasteiger charge is 2.35. The lowest BCUT2D eigenvalue weighted by Gasteiger charge is -2.33. The predicted molar refractivity (Wildman–Crippen MR) is 353 cm³/mol. The maximum absolute atomic E-state index is 13.6. The third kappa shape index (κ3) is 21.2. The highest BCUT2D eigenvalue weighted by molar-refractivity contribution is 6.32. The number of ether oxygens (including phenoxy) is 2. The number of nitrogens with one attached hydrogen (secondary N) is 5. The topological polar surface area (TPSA) is 244 Å². The third-order valence-electron chi connectivity index (χ3n) is 16.4. The fourth-order valence-corrected chi connectivity index (χ4v) is 12.6. The van der Waals surface area contributed by atoms with Gasteiger partial charge < -0.3 is 39.7 Å². The quantitative estimate of drug-likeness (QED) is 0.108. The second-order valence-corrected chi connectivity index (χ2v) is 26.1. The maximum Gasteiger partial charge on any atom is 0.410 e. The summed E-state index contributed by atoms with van der Waals surface area (Å²) in [4.78, 5) is 73.4. The SMILES string of the molecule is C.CC(C)(C)OC(=O)N1CCc2c(C(=O)N3CCC(c4cc(F)ccc4Cl)CC3)n[nH]c2C1.CC(C)(C)OC(=O)N1CCc2cn[nH]c2C1.Cl.Cl.Fc1ccc(Cl)c(C2CCNCC2)c1.O=C(c1n[nH]c2c1CCNC2)N1CCC(c2cc(F)ccc2Cl)CC1.O=C=O. The molecule has 3 fully saturated rings. The summed E-state index contributed by atoms with van der Waals surface area (Å²) in [6, 6.07) is 13.6. The summed E-state index contributed by atoms with van der Waals surface area (Å²) in [6.45, 7) is 19.2. The summed E-state index contributed by atoms with van der Waals surface area (Å²) in [5, 5.41) is 29.7. The average molecular weight is 1400 g/mol. The Kier molecular flexibility index (Phi) is 29.1. The van der Waals surface area contributed by atoms with Crippen molar-refractivity contribution in [1.82, 2.24) is 60.8 Å². The first kappa shape index (κ1) is 77.0. The fourth-order valence-electron chi connectivity index (χ4n) is 11.8. The number of rotatable bonds is 5. The lowest BCUT2D eigenvalue weighted by atomic mass is 9.89. The average Bonchev–Trinajstić information content (AvgIpc) is 1.75. The molecular formula is C65H84Cl5F3N12O8. The van der Waals surface area contributed by atoms with Gasteiger partial charge in [0.25, 0.3) is 11.8 Å². The zero-order chi connectivity index (χ0) is 64.9. The number of carbonyl (C=O) groups is 4. The van der Waals surface area contributed by atoms with Crippen LogP contribution in [0.2, 0.25) is 15.1 Å². The van der Waals surface area contributed by atoms with E-state index in [0.29, 0.717) is 104 Å². The number of hydrogen-bond acceptors (Lipinski definition) is 13. The van der Waals surface area contributed by atoms with Crippen molar-refractivity contribution < 1.29 is 51.4 Å². The minimum atomic E-state index is -0.561. The van der Waals surface area contributed by atoms with E-state index < -0.39 is 11.2 Å². The van der Waals surface area contributed by atoms with Crippen LogP contribution in [-0.2, 0) is 58.0 Å². The molecule has 0 radical (unpaired) electrons. The minimum absolute atomic E-state index is 0. The first-order valence-corrected chi connectivity index (χ1v) is 31.5. The van der Waals surface area contributed by atoms with E-state index in [4.69, 9.17) is 53.9 Å². The molecule has 3 aromatic carbocycles. The predicted octanol–water partition coefficient (Wildman–Crippen LogP) is 12.9. The highest BCUT2D eigenvalue weighted by atomic mass is 35.5. The molecule has 0 atom stereocenters. The molecule has 5 N–H and O–H groups in total. The number of nitrogens with zero attached hydrogens (tertiary/aromatic N) is 7. The molecule has 12 rings (SSSR count). The van der Waals surface area contributed by atoms with Crippen LogP contribution in [0.3, 0.4) is 0 Å². The number of halogens is 8. The van der Waals surface area contributed by atoms with E-state index in [1.54, 1.807) is 39.0 Å². The van der Waals surface area contributed by atoms with Gasteiger partial charge in [-0.3, -0.25) is 24.9 Å². The second kappa shape index (κ2) is 35.2. The molecule has 6 aromatic rings. The number of fused-ring (bicyclic) bond motifs is 3. The van der Waals surface area contributed by atoms with Gasteiger partial charge in [0.2, 0.25) is 0 Å². The lowest BCUT2D eigenvalue weighted by molar-refractivity contribution is -0.191. The van der Waals surface area contributed by atoms with Gasteiger partial charge in [0.1, 0.15) is 28.7 Å². The van der Waals surface area contributed by atoms with Crippen LogP contribution in [-0.4, -0.2) is 150 Å². The summed E-state index contributed by atoms with van der Waals surface area (Å²) in [7, 11) is 0. The van der Waals surface area contributed by atoms with Crippen molar-refractivity contribution in [2.24, 2.45) is 0 Å². The number of H-pyrrole nitrogens is 3. The Balaban J connectivity index is 0.000000229. The van der Waals surface area contributed by atoms with Crippen molar-refractivity contribution in [3.63, 3.8) is 0 Å². The fraction of sp³-hybridized carbons (Fsp3) is 0.508. The Hall–Kier alpha value is -6.69. The van der Waals surface area contributed by atoms with E-state index in [1.165, 1.54) is 35.9 Å². The molecule has 3 saturated heterocycles. The van der Waals surface area contributed by atoms with Crippen LogP contribution in [0.1, 0.15) is 177 Å². The van der Waals surface area contributed by atoms with E-state index in [0.717, 1.165) is 110 Å². The van der Waals surface area contributed by atoms with Crippen molar-refractivity contribution in [3.05, 3.63) is 155 Å². The maximum atomic E-state index is 13.6. The van der Waals surface area contributed by atoms with Crippen LogP contribution in [0.25, 0.3) is 0 Å². The Morgan fingerprint density at radius 1 is 0.527 bits per heavy atom. The summed E-state index contributed by atoms with van der Waals surface area (Å²) in [6.07, 6.45) is 8.73. The number of benzene rings is 3. The van der Waals surface area contributed by atoms with Crippen molar-refractivity contribution in [1.29, 1.82) is 0 Å². The van der Waals surface area contributed by atoms with E-state index in [-0.39, 0.29) is 91.7 Å². The molecule has 3 aromatic heterocycles. The molecule has 0 aliphatic carbocycles.